The van der Waals surface area contributed by atoms with Crippen molar-refractivity contribution in [2.45, 2.75) is 123 Å². The molecular formula is C31H50O4. The summed E-state index contributed by atoms with van der Waals surface area (Å²) in [7, 11) is 0. The molecule has 2 heterocycles. The van der Waals surface area contributed by atoms with Crippen molar-refractivity contribution in [3.05, 3.63) is 12.2 Å². The molecule has 0 amide bonds. The number of unbranched alkanes of at least 4 members (excludes halogenated alkanes) is 1. The number of ether oxygens (including phenoxy) is 4. The van der Waals surface area contributed by atoms with Gasteiger partial charge in [-0.05, 0) is 99.2 Å². The lowest BCUT2D eigenvalue weighted by atomic mass is 9.42. The quantitative estimate of drug-likeness (QED) is 0.396. The molecule has 4 nitrogen and oxygen atoms in total. The Labute approximate surface area is 213 Å². The van der Waals surface area contributed by atoms with E-state index in [0.29, 0.717) is 23.2 Å². The van der Waals surface area contributed by atoms with Crippen LogP contribution in [0.5, 0.6) is 0 Å². The number of fused-ring (bicyclic) bond motifs is 7. The molecule has 198 valence electrons. The topological polar surface area (TPSA) is 36.9 Å². The third-order valence-corrected chi connectivity index (χ3v) is 11.9. The van der Waals surface area contributed by atoms with Crippen molar-refractivity contribution in [2.24, 2.45) is 46.3 Å². The molecule has 0 bridgehead atoms. The molecule has 0 aromatic carbocycles. The van der Waals surface area contributed by atoms with Crippen molar-refractivity contribution in [3.8, 4) is 0 Å². The Morgan fingerprint density at radius 2 is 1.60 bits per heavy atom. The molecule has 35 heavy (non-hydrogen) atoms. The minimum atomic E-state index is -0.478. The average molecular weight is 487 g/mol. The Bertz CT molecular complexity index is 830. The second kappa shape index (κ2) is 8.55. The maximum Gasteiger partial charge on any atom is 0.172 e. The molecule has 1 spiro atoms. The van der Waals surface area contributed by atoms with Gasteiger partial charge in [-0.25, -0.2) is 0 Å². The standard InChI is InChI=1S/C31H50O4/c1-7-8-9-10-20(2)22-11-12-23-21-18-31(32-15-16-33-31)27-17-25-26(35-28(3,4)34-25)19-30(27,6)24(21)13-14-29(22,23)5/h9-10,20-27H,7-8,11-19H2,1-6H3/b10-9+/t20-,21?,22-,23?,24?,25+,26-,27?,29-,30-/m1/s1. The van der Waals surface area contributed by atoms with Crippen molar-refractivity contribution >= 4 is 0 Å². The van der Waals surface area contributed by atoms with Crippen LogP contribution in [0.2, 0.25) is 0 Å². The largest absolute Gasteiger partial charge is 0.347 e. The van der Waals surface area contributed by atoms with Gasteiger partial charge >= 0.3 is 0 Å². The highest BCUT2D eigenvalue weighted by Gasteiger charge is 2.70. The minimum Gasteiger partial charge on any atom is -0.347 e. The van der Waals surface area contributed by atoms with Crippen molar-refractivity contribution in [2.75, 3.05) is 13.2 Å². The lowest BCUT2D eigenvalue weighted by molar-refractivity contribution is -0.300. The summed E-state index contributed by atoms with van der Waals surface area (Å²) in [5, 5.41) is 0. The van der Waals surface area contributed by atoms with Gasteiger partial charge in [0.05, 0.1) is 25.4 Å². The summed E-state index contributed by atoms with van der Waals surface area (Å²) in [6.45, 7) is 15.6. The average Bonchev–Trinajstić information content (AvgIpc) is 3.47. The lowest BCUT2D eigenvalue weighted by Crippen LogP contribution is -2.65. The minimum absolute atomic E-state index is 0.171. The molecule has 0 aromatic rings. The smallest absolute Gasteiger partial charge is 0.172 e. The first-order valence-electron chi connectivity index (χ1n) is 14.9. The molecule has 0 aromatic heterocycles. The highest BCUT2D eigenvalue weighted by Crippen LogP contribution is 2.71. The Morgan fingerprint density at radius 1 is 0.886 bits per heavy atom. The van der Waals surface area contributed by atoms with Crippen LogP contribution in [0.3, 0.4) is 0 Å². The molecule has 4 heteroatoms. The van der Waals surface area contributed by atoms with E-state index in [1.54, 1.807) is 0 Å². The molecular weight excluding hydrogens is 436 g/mol. The maximum atomic E-state index is 6.66. The van der Waals surface area contributed by atoms with Crippen LogP contribution in [-0.2, 0) is 18.9 Å². The fourth-order valence-corrected chi connectivity index (χ4v) is 10.6. The van der Waals surface area contributed by atoms with E-state index in [0.717, 1.165) is 50.2 Å². The maximum absolute atomic E-state index is 6.66. The second-order valence-electron chi connectivity index (χ2n) is 14.1. The van der Waals surface area contributed by atoms with Crippen LogP contribution in [-0.4, -0.2) is 37.0 Å². The van der Waals surface area contributed by atoms with Crippen LogP contribution in [0.4, 0.5) is 0 Å². The Hall–Kier alpha value is -0.420. The first-order valence-corrected chi connectivity index (χ1v) is 14.9. The molecule has 6 fully saturated rings. The molecule has 2 aliphatic heterocycles. The fourth-order valence-electron chi connectivity index (χ4n) is 10.6. The zero-order chi connectivity index (χ0) is 24.6. The summed E-state index contributed by atoms with van der Waals surface area (Å²) in [5.74, 6) is 3.19. The fraction of sp³-hybridized carbons (Fsp3) is 0.935. The van der Waals surface area contributed by atoms with Crippen LogP contribution < -0.4 is 0 Å². The predicted octanol–water partition coefficient (Wildman–Crippen LogP) is 7.12. The molecule has 0 N–H and O–H groups in total. The Kier molecular flexibility index (Phi) is 6.08. The molecule has 6 rings (SSSR count). The molecule has 4 saturated carbocycles. The zero-order valence-corrected chi connectivity index (χ0v) is 23.2. The third kappa shape index (κ3) is 3.74. The lowest BCUT2D eigenvalue weighted by Gasteiger charge is -2.65. The summed E-state index contributed by atoms with van der Waals surface area (Å²) in [6, 6.07) is 0. The molecule has 4 aliphatic carbocycles. The summed E-state index contributed by atoms with van der Waals surface area (Å²) < 4.78 is 26.2. The van der Waals surface area contributed by atoms with Gasteiger partial charge in [0.1, 0.15) is 0 Å². The van der Waals surface area contributed by atoms with Crippen molar-refractivity contribution in [3.63, 3.8) is 0 Å². The summed E-state index contributed by atoms with van der Waals surface area (Å²) >= 11 is 0. The van der Waals surface area contributed by atoms with Gasteiger partial charge in [-0.15, -0.1) is 0 Å². The van der Waals surface area contributed by atoms with Crippen molar-refractivity contribution < 1.29 is 18.9 Å². The van der Waals surface area contributed by atoms with Gasteiger partial charge in [-0.3, -0.25) is 0 Å². The Balaban J connectivity index is 1.31. The van der Waals surface area contributed by atoms with Gasteiger partial charge in [0.2, 0.25) is 0 Å². The normalized spacial score (nSPS) is 50.6. The van der Waals surface area contributed by atoms with Gasteiger partial charge in [0.15, 0.2) is 11.6 Å². The first kappa shape index (κ1) is 24.9. The van der Waals surface area contributed by atoms with E-state index in [-0.39, 0.29) is 17.6 Å². The van der Waals surface area contributed by atoms with Crippen LogP contribution in [0.15, 0.2) is 12.2 Å². The van der Waals surface area contributed by atoms with E-state index in [2.05, 4.69) is 53.7 Å². The number of allylic oxidation sites excluding steroid dienone is 2. The number of hydrogen-bond donors (Lipinski definition) is 0. The van der Waals surface area contributed by atoms with E-state index in [1.165, 1.54) is 38.5 Å². The first-order chi connectivity index (χ1) is 16.6. The van der Waals surface area contributed by atoms with E-state index in [1.807, 2.05) is 0 Å². The van der Waals surface area contributed by atoms with Crippen LogP contribution in [0, 0.1) is 46.3 Å². The van der Waals surface area contributed by atoms with Crippen LogP contribution in [0.25, 0.3) is 0 Å². The van der Waals surface area contributed by atoms with E-state index < -0.39 is 11.6 Å². The van der Waals surface area contributed by atoms with E-state index >= 15 is 0 Å². The van der Waals surface area contributed by atoms with Gasteiger partial charge in [0.25, 0.3) is 0 Å². The monoisotopic (exact) mass is 486 g/mol. The molecule has 0 radical (unpaired) electrons. The van der Waals surface area contributed by atoms with Gasteiger partial charge in [-0.1, -0.05) is 46.3 Å². The molecule has 2 saturated heterocycles. The molecule has 4 unspecified atom stereocenters. The van der Waals surface area contributed by atoms with Crippen molar-refractivity contribution in [1.82, 2.24) is 0 Å². The molecule has 10 atom stereocenters. The third-order valence-electron chi connectivity index (χ3n) is 11.9. The van der Waals surface area contributed by atoms with Gasteiger partial charge in [-0.2, -0.15) is 0 Å². The highest BCUT2D eigenvalue weighted by atomic mass is 16.8. The number of hydrogen-bond acceptors (Lipinski definition) is 4. The zero-order valence-electron chi connectivity index (χ0n) is 23.2. The van der Waals surface area contributed by atoms with Crippen LogP contribution >= 0.6 is 0 Å². The summed E-state index contributed by atoms with van der Waals surface area (Å²) in [6.07, 6.45) is 16.5. The van der Waals surface area contributed by atoms with Crippen LogP contribution in [0.1, 0.15) is 99.3 Å². The summed E-state index contributed by atoms with van der Waals surface area (Å²) in [4.78, 5) is 0. The van der Waals surface area contributed by atoms with Gasteiger partial charge < -0.3 is 18.9 Å². The van der Waals surface area contributed by atoms with E-state index in [4.69, 9.17) is 18.9 Å². The van der Waals surface area contributed by atoms with Crippen molar-refractivity contribution in [1.29, 1.82) is 0 Å². The molecule has 6 aliphatic rings. The SMILES string of the molecule is CCC/C=C/[C@@H](C)[C@H]1CCC2C3CC4(OCCO4)C4C[C@@H]5OC(C)(C)O[C@@H]5C[C@]4(C)C3CC[C@@]21C. The number of rotatable bonds is 4. The highest BCUT2D eigenvalue weighted by molar-refractivity contribution is 5.16. The van der Waals surface area contributed by atoms with E-state index in [9.17, 15) is 0 Å². The second-order valence-corrected chi connectivity index (χ2v) is 14.1. The van der Waals surface area contributed by atoms with Gasteiger partial charge in [0, 0.05) is 12.3 Å². The predicted molar refractivity (Wildman–Crippen MR) is 138 cm³/mol. The summed E-state index contributed by atoms with van der Waals surface area (Å²) in [5.41, 5.74) is 0.622. The Morgan fingerprint density at radius 3 is 2.34 bits per heavy atom.